The zero-order valence-electron chi connectivity index (χ0n) is 9.75. The first-order valence-electron chi connectivity index (χ1n) is 5.85. The first-order valence-corrected chi connectivity index (χ1v) is 7.46. The molecule has 0 saturated carbocycles. The van der Waals surface area contributed by atoms with E-state index in [1.807, 2.05) is 30.3 Å². The zero-order valence-corrected chi connectivity index (χ0v) is 10.6. The second-order valence-corrected chi connectivity index (χ2v) is 6.47. The van der Waals surface area contributed by atoms with E-state index in [1.165, 1.54) is 4.31 Å². The van der Waals surface area contributed by atoms with E-state index < -0.39 is 10.0 Å². The van der Waals surface area contributed by atoms with Crippen LogP contribution in [0.2, 0.25) is 0 Å². The molecule has 0 aliphatic carbocycles. The third-order valence-electron chi connectivity index (χ3n) is 3.01. The van der Waals surface area contributed by atoms with E-state index in [2.05, 4.69) is 0 Å². The van der Waals surface area contributed by atoms with E-state index in [0.717, 1.165) is 18.4 Å². The van der Waals surface area contributed by atoms with Crippen LogP contribution in [0.25, 0.3) is 0 Å². The van der Waals surface area contributed by atoms with Crippen molar-refractivity contribution in [2.45, 2.75) is 24.6 Å². The number of hydrogen-bond acceptors (Lipinski definition) is 3. The van der Waals surface area contributed by atoms with Gasteiger partial charge in [-0.3, -0.25) is 0 Å². The number of piperidine rings is 1. The van der Waals surface area contributed by atoms with Crippen LogP contribution in [0.4, 0.5) is 0 Å². The van der Waals surface area contributed by atoms with Crippen molar-refractivity contribution in [2.24, 2.45) is 5.73 Å². The Balaban J connectivity index is 2.08. The summed E-state index contributed by atoms with van der Waals surface area (Å²) in [5, 5.41) is 0. The highest BCUT2D eigenvalue weighted by Gasteiger charge is 2.27. The molecule has 94 valence electrons. The highest BCUT2D eigenvalue weighted by atomic mass is 32.2. The molecule has 1 fully saturated rings. The zero-order chi connectivity index (χ0) is 12.3. The summed E-state index contributed by atoms with van der Waals surface area (Å²) in [6, 6.07) is 9.24. The predicted molar refractivity (Wildman–Crippen MR) is 67.8 cm³/mol. The van der Waals surface area contributed by atoms with Gasteiger partial charge in [-0.1, -0.05) is 30.3 Å². The number of nitrogens with zero attached hydrogens (tertiary/aromatic N) is 1. The number of nitrogens with two attached hydrogens (primary N) is 1. The summed E-state index contributed by atoms with van der Waals surface area (Å²) in [6.07, 6.45) is 1.77. The first kappa shape index (κ1) is 12.5. The van der Waals surface area contributed by atoms with Gasteiger partial charge in [0.2, 0.25) is 10.0 Å². The van der Waals surface area contributed by atoms with Gasteiger partial charge < -0.3 is 5.73 Å². The molecule has 4 nitrogen and oxygen atoms in total. The summed E-state index contributed by atoms with van der Waals surface area (Å²) in [5.41, 5.74) is 6.63. The summed E-state index contributed by atoms with van der Waals surface area (Å²) in [4.78, 5) is 0. The molecule has 0 unspecified atom stereocenters. The van der Waals surface area contributed by atoms with E-state index in [4.69, 9.17) is 5.73 Å². The lowest BCUT2D eigenvalue weighted by Crippen LogP contribution is -2.46. The van der Waals surface area contributed by atoms with Crippen molar-refractivity contribution in [1.82, 2.24) is 4.31 Å². The molecular formula is C12H18N2O2S. The number of benzene rings is 1. The second kappa shape index (κ2) is 5.16. The topological polar surface area (TPSA) is 63.4 Å². The van der Waals surface area contributed by atoms with Crippen LogP contribution in [0.5, 0.6) is 0 Å². The van der Waals surface area contributed by atoms with Crippen molar-refractivity contribution < 1.29 is 8.42 Å². The lowest BCUT2D eigenvalue weighted by atomic mass is 10.1. The molecule has 1 aromatic rings. The predicted octanol–water partition coefficient (Wildman–Crippen LogP) is 0.939. The van der Waals surface area contributed by atoms with Crippen LogP contribution in [0.1, 0.15) is 18.4 Å². The van der Waals surface area contributed by atoms with Gasteiger partial charge >= 0.3 is 0 Å². The van der Waals surface area contributed by atoms with Crippen LogP contribution in [-0.2, 0) is 15.8 Å². The van der Waals surface area contributed by atoms with Gasteiger partial charge in [0.15, 0.2) is 0 Å². The Bertz CT molecular complexity index is 459. The standard InChI is InChI=1S/C12H18N2O2S/c13-12-7-4-8-14(9-12)17(15,16)10-11-5-2-1-3-6-11/h1-3,5-6,12H,4,7-10,13H2/t12-/m1/s1. The minimum absolute atomic E-state index is 0.0192. The largest absolute Gasteiger partial charge is 0.327 e. The van der Waals surface area contributed by atoms with Gasteiger partial charge in [-0.15, -0.1) is 0 Å². The molecule has 2 N–H and O–H groups in total. The molecule has 1 aromatic carbocycles. The summed E-state index contributed by atoms with van der Waals surface area (Å²) < 4.78 is 25.9. The Morgan fingerprint density at radius 3 is 2.65 bits per heavy atom. The van der Waals surface area contributed by atoms with Crippen LogP contribution in [0.3, 0.4) is 0 Å². The molecule has 0 spiro atoms. The van der Waals surface area contributed by atoms with Gasteiger partial charge in [0.25, 0.3) is 0 Å². The fraction of sp³-hybridized carbons (Fsp3) is 0.500. The van der Waals surface area contributed by atoms with Crippen molar-refractivity contribution in [3.63, 3.8) is 0 Å². The SMILES string of the molecule is N[C@@H]1CCCN(S(=O)(=O)Cc2ccccc2)C1. The summed E-state index contributed by atoms with van der Waals surface area (Å²) in [7, 11) is -3.22. The number of rotatable bonds is 3. The minimum Gasteiger partial charge on any atom is -0.327 e. The Morgan fingerprint density at radius 2 is 2.00 bits per heavy atom. The van der Waals surface area contributed by atoms with Gasteiger partial charge in [-0.05, 0) is 18.4 Å². The molecule has 0 aromatic heterocycles. The van der Waals surface area contributed by atoms with Crippen LogP contribution >= 0.6 is 0 Å². The summed E-state index contributed by atoms with van der Waals surface area (Å²) >= 11 is 0. The smallest absolute Gasteiger partial charge is 0.218 e. The molecule has 1 aliphatic rings. The first-order chi connectivity index (χ1) is 8.08. The Kier molecular flexibility index (Phi) is 3.81. The third-order valence-corrected chi connectivity index (χ3v) is 4.82. The highest BCUT2D eigenvalue weighted by molar-refractivity contribution is 7.88. The molecule has 1 heterocycles. The molecule has 0 amide bonds. The highest BCUT2D eigenvalue weighted by Crippen LogP contribution is 2.16. The van der Waals surface area contributed by atoms with Gasteiger partial charge in [0.05, 0.1) is 5.75 Å². The molecule has 5 heteroatoms. The lowest BCUT2D eigenvalue weighted by molar-refractivity contribution is 0.316. The van der Waals surface area contributed by atoms with E-state index in [9.17, 15) is 8.42 Å². The average Bonchev–Trinajstić information content (AvgIpc) is 2.30. The molecule has 2 rings (SSSR count). The molecule has 0 radical (unpaired) electrons. The second-order valence-electron chi connectivity index (χ2n) is 4.50. The van der Waals surface area contributed by atoms with E-state index in [0.29, 0.717) is 13.1 Å². The molecule has 0 bridgehead atoms. The monoisotopic (exact) mass is 254 g/mol. The van der Waals surface area contributed by atoms with Gasteiger partial charge in [-0.2, -0.15) is 0 Å². The fourth-order valence-electron chi connectivity index (χ4n) is 2.10. The van der Waals surface area contributed by atoms with Crippen molar-refractivity contribution in [3.8, 4) is 0 Å². The van der Waals surface area contributed by atoms with Gasteiger partial charge in [0, 0.05) is 19.1 Å². The number of hydrogen-bond donors (Lipinski definition) is 1. The van der Waals surface area contributed by atoms with Crippen LogP contribution in [0, 0.1) is 0 Å². The van der Waals surface area contributed by atoms with Gasteiger partial charge in [-0.25, -0.2) is 12.7 Å². The Hall–Kier alpha value is -0.910. The third kappa shape index (κ3) is 3.28. The summed E-state index contributed by atoms with van der Waals surface area (Å²) in [5.74, 6) is 0.0700. The normalized spacial score (nSPS) is 22.5. The van der Waals surface area contributed by atoms with Crippen molar-refractivity contribution in [3.05, 3.63) is 35.9 Å². The van der Waals surface area contributed by atoms with Crippen molar-refractivity contribution in [2.75, 3.05) is 13.1 Å². The van der Waals surface area contributed by atoms with Crippen molar-refractivity contribution >= 4 is 10.0 Å². The van der Waals surface area contributed by atoms with E-state index in [-0.39, 0.29) is 11.8 Å². The molecular weight excluding hydrogens is 236 g/mol. The maximum absolute atomic E-state index is 12.2. The van der Waals surface area contributed by atoms with Crippen LogP contribution in [-0.4, -0.2) is 31.9 Å². The minimum atomic E-state index is -3.22. The quantitative estimate of drug-likeness (QED) is 0.873. The maximum atomic E-state index is 12.2. The molecule has 1 atom stereocenters. The average molecular weight is 254 g/mol. The van der Waals surface area contributed by atoms with E-state index >= 15 is 0 Å². The van der Waals surface area contributed by atoms with Crippen LogP contribution < -0.4 is 5.73 Å². The molecule has 1 aliphatic heterocycles. The summed E-state index contributed by atoms with van der Waals surface area (Å²) in [6.45, 7) is 1.05. The van der Waals surface area contributed by atoms with Gasteiger partial charge in [0.1, 0.15) is 0 Å². The lowest BCUT2D eigenvalue weighted by Gasteiger charge is -2.29. The number of sulfonamides is 1. The Morgan fingerprint density at radius 1 is 1.29 bits per heavy atom. The van der Waals surface area contributed by atoms with E-state index in [1.54, 1.807) is 0 Å². The van der Waals surface area contributed by atoms with Crippen molar-refractivity contribution in [1.29, 1.82) is 0 Å². The fourth-order valence-corrected chi connectivity index (χ4v) is 3.72. The molecule has 1 saturated heterocycles. The maximum Gasteiger partial charge on any atom is 0.218 e. The van der Waals surface area contributed by atoms with Crippen LogP contribution in [0.15, 0.2) is 30.3 Å². The molecule has 17 heavy (non-hydrogen) atoms. The Labute approximate surface area is 102 Å².